The predicted octanol–water partition coefficient (Wildman–Crippen LogP) is 1.01. The van der Waals surface area contributed by atoms with Gasteiger partial charge in [0.25, 0.3) is 0 Å². The van der Waals surface area contributed by atoms with Crippen LogP contribution in [-0.4, -0.2) is 76.0 Å². The molecule has 1 atom stereocenters. The SMILES string of the molecule is Cc1ccc(S(=O)(=O)NCCN2CCN(C(=O)C3CCCN3)CC2)cc1.Cl.Cl. The molecule has 3 rings (SSSR count). The number of piperazine rings is 1. The van der Waals surface area contributed by atoms with Crippen LogP contribution in [0.5, 0.6) is 0 Å². The first-order valence-corrected chi connectivity index (χ1v) is 10.7. The second kappa shape index (κ2) is 11.3. The van der Waals surface area contributed by atoms with E-state index in [0.29, 0.717) is 31.1 Å². The van der Waals surface area contributed by atoms with Gasteiger partial charge in [-0.1, -0.05) is 17.7 Å². The lowest BCUT2D eigenvalue weighted by molar-refractivity contribution is -0.134. The zero-order chi connectivity index (χ0) is 18.6. The molecule has 1 amide bonds. The summed E-state index contributed by atoms with van der Waals surface area (Å²) in [6.07, 6.45) is 2.00. The molecule has 7 nitrogen and oxygen atoms in total. The minimum Gasteiger partial charge on any atom is -0.339 e. The fraction of sp³-hybridized carbons (Fsp3) is 0.611. The Labute approximate surface area is 180 Å². The fourth-order valence-electron chi connectivity index (χ4n) is 3.45. The first-order valence-electron chi connectivity index (χ1n) is 9.26. The number of nitrogens with one attached hydrogen (secondary N) is 2. The van der Waals surface area contributed by atoms with Gasteiger partial charge in [0.1, 0.15) is 0 Å². The van der Waals surface area contributed by atoms with Crippen LogP contribution < -0.4 is 10.0 Å². The molecule has 1 unspecified atom stereocenters. The highest BCUT2D eigenvalue weighted by atomic mass is 35.5. The Bertz CT molecular complexity index is 717. The molecule has 0 aromatic heterocycles. The van der Waals surface area contributed by atoms with Crippen molar-refractivity contribution in [2.75, 3.05) is 45.8 Å². The van der Waals surface area contributed by atoms with Crippen molar-refractivity contribution < 1.29 is 13.2 Å². The van der Waals surface area contributed by atoms with E-state index in [1.807, 2.05) is 11.8 Å². The van der Waals surface area contributed by atoms with Crippen LogP contribution in [0.1, 0.15) is 18.4 Å². The van der Waals surface area contributed by atoms with Gasteiger partial charge in [0.15, 0.2) is 0 Å². The third kappa shape index (κ3) is 6.57. The minimum absolute atomic E-state index is 0. The van der Waals surface area contributed by atoms with Crippen LogP contribution in [0.3, 0.4) is 0 Å². The van der Waals surface area contributed by atoms with Crippen molar-refractivity contribution in [3.63, 3.8) is 0 Å². The van der Waals surface area contributed by atoms with Gasteiger partial charge in [-0.15, -0.1) is 24.8 Å². The molecule has 2 aliphatic heterocycles. The van der Waals surface area contributed by atoms with Crippen molar-refractivity contribution >= 4 is 40.7 Å². The molecule has 28 heavy (non-hydrogen) atoms. The van der Waals surface area contributed by atoms with Gasteiger partial charge in [0, 0.05) is 39.3 Å². The summed E-state index contributed by atoms with van der Waals surface area (Å²) in [5.41, 5.74) is 1.03. The second-order valence-corrected chi connectivity index (χ2v) is 8.79. The van der Waals surface area contributed by atoms with E-state index in [9.17, 15) is 13.2 Å². The van der Waals surface area contributed by atoms with E-state index in [-0.39, 0.29) is 36.8 Å². The lowest BCUT2D eigenvalue weighted by atomic mass is 10.2. The maximum atomic E-state index is 12.4. The Morgan fingerprint density at radius 1 is 1.14 bits per heavy atom. The molecule has 0 bridgehead atoms. The van der Waals surface area contributed by atoms with E-state index >= 15 is 0 Å². The first kappa shape index (κ1) is 25.1. The molecular weight excluding hydrogens is 423 g/mol. The Balaban J connectivity index is 0.00000196. The molecular formula is C18H30Cl2N4O3S. The number of hydrogen-bond acceptors (Lipinski definition) is 5. The van der Waals surface area contributed by atoms with Crippen LogP contribution >= 0.6 is 24.8 Å². The molecule has 0 saturated carbocycles. The van der Waals surface area contributed by atoms with E-state index < -0.39 is 10.0 Å². The quantitative estimate of drug-likeness (QED) is 0.672. The zero-order valence-electron chi connectivity index (χ0n) is 16.1. The van der Waals surface area contributed by atoms with Gasteiger partial charge in [-0.2, -0.15) is 0 Å². The van der Waals surface area contributed by atoms with E-state index in [1.165, 1.54) is 0 Å². The standard InChI is InChI=1S/C18H28N4O3S.2ClH/c1-15-4-6-16(7-5-15)26(24,25)20-9-10-21-11-13-22(14-12-21)18(23)17-3-2-8-19-17;;/h4-7,17,19-20H,2-3,8-14H2,1H3;2*1H. The van der Waals surface area contributed by atoms with Crippen LogP contribution in [0.25, 0.3) is 0 Å². The van der Waals surface area contributed by atoms with Gasteiger partial charge < -0.3 is 10.2 Å². The molecule has 2 heterocycles. The summed E-state index contributed by atoms with van der Waals surface area (Å²) in [5, 5.41) is 3.25. The van der Waals surface area contributed by atoms with Gasteiger partial charge in [-0.25, -0.2) is 13.1 Å². The van der Waals surface area contributed by atoms with Crippen LogP contribution in [0.4, 0.5) is 0 Å². The molecule has 0 aliphatic carbocycles. The molecule has 1 aromatic carbocycles. The lowest BCUT2D eigenvalue weighted by Gasteiger charge is -2.35. The number of hydrogen-bond donors (Lipinski definition) is 2. The van der Waals surface area contributed by atoms with Crippen molar-refractivity contribution in [2.24, 2.45) is 0 Å². The molecule has 0 spiro atoms. The highest BCUT2D eigenvalue weighted by molar-refractivity contribution is 7.89. The van der Waals surface area contributed by atoms with E-state index in [0.717, 1.165) is 38.0 Å². The maximum absolute atomic E-state index is 12.4. The number of sulfonamides is 1. The number of aryl methyl sites for hydroxylation is 1. The topological polar surface area (TPSA) is 81.8 Å². The average Bonchev–Trinajstić information content (AvgIpc) is 3.17. The van der Waals surface area contributed by atoms with Gasteiger partial charge in [0.05, 0.1) is 10.9 Å². The highest BCUT2D eigenvalue weighted by Gasteiger charge is 2.29. The molecule has 1 aromatic rings. The Morgan fingerprint density at radius 2 is 1.79 bits per heavy atom. The summed E-state index contributed by atoms with van der Waals surface area (Å²) in [4.78, 5) is 16.8. The average molecular weight is 453 g/mol. The third-order valence-electron chi connectivity index (χ3n) is 5.09. The summed E-state index contributed by atoms with van der Waals surface area (Å²) in [6, 6.07) is 6.83. The number of halogens is 2. The van der Waals surface area contributed by atoms with Crippen LogP contribution in [-0.2, 0) is 14.8 Å². The highest BCUT2D eigenvalue weighted by Crippen LogP contribution is 2.12. The first-order chi connectivity index (χ1) is 12.5. The Kier molecular flexibility index (Phi) is 10.2. The van der Waals surface area contributed by atoms with Gasteiger partial charge in [0.2, 0.25) is 15.9 Å². The summed E-state index contributed by atoms with van der Waals surface area (Å²) in [7, 11) is -3.46. The Hall–Kier alpha value is -0.900. The number of carbonyl (C=O) groups is 1. The fourth-order valence-corrected chi connectivity index (χ4v) is 4.47. The summed E-state index contributed by atoms with van der Waals surface area (Å²) < 4.78 is 27.2. The van der Waals surface area contributed by atoms with Crippen molar-refractivity contribution in [1.29, 1.82) is 0 Å². The number of rotatable bonds is 6. The number of nitrogens with zero attached hydrogens (tertiary/aromatic N) is 2. The zero-order valence-corrected chi connectivity index (χ0v) is 18.5. The molecule has 2 saturated heterocycles. The normalized spacial score (nSPS) is 20.3. The van der Waals surface area contributed by atoms with E-state index in [2.05, 4.69) is 14.9 Å². The number of carbonyl (C=O) groups excluding carboxylic acids is 1. The second-order valence-electron chi connectivity index (χ2n) is 7.03. The Morgan fingerprint density at radius 3 is 2.36 bits per heavy atom. The molecule has 2 N–H and O–H groups in total. The summed E-state index contributed by atoms with van der Waals surface area (Å²) in [6.45, 7) is 6.86. The lowest BCUT2D eigenvalue weighted by Crippen LogP contribution is -2.53. The molecule has 0 radical (unpaired) electrons. The molecule has 2 fully saturated rings. The molecule has 160 valence electrons. The van der Waals surface area contributed by atoms with Crippen molar-refractivity contribution in [3.05, 3.63) is 29.8 Å². The van der Waals surface area contributed by atoms with Gasteiger partial charge >= 0.3 is 0 Å². The van der Waals surface area contributed by atoms with Gasteiger partial charge in [-0.05, 0) is 38.4 Å². The minimum atomic E-state index is -3.46. The summed E-state index contributed by atoms with van der Waals surface area (Å²) in [5.74, 6) is 0.210. The van der Waals surface area contributed by atoms with Crippen LogP contribution in [0.15, 0.2) is 29.2 Å². The van der Waals surface area contributed by atoms with Gasteiger partial charge in [-0.3, -0.25) is 9.69 Å². The summed E-state index contributed by atoms with van der Waals surface area (Å²) >= 11 is 0. The third-order valence-corrected chi connectivity index (χ3v) is 6.57. The smallest absolute Gasteiger partial charge is 0.240 e. The number of benzene rings is 1. The maximum Gasteiger partial charge on any atom is 0.240 e. The number of amides is 1. The predicted molar refractivity (Wildman–Crippen MR) is 115 cm³/mol. The van der Waals surface area contributed by atoms with Crippen LogP contribution in [0, 0.1) is 6.92 Å². The van der Waals surface area contributed by atoms with Crippen LogP contribution in [0.2, 0.25) is 0 Å². The van der Waals surface area contributed by atoms with Crippen molar-refractivity contribution in [3.8, 4) is 0 Å². The molecule has 2 aliphatic rings. The molecule has 10 heteroatoms. The van der Waals surface area contributed by atoms with Crippen molar-refractivity contribution in [1.82, 2.24) is 19.8 Å². The van der Waals surface area contributed by atoms with Crippen molar-refractivity contribution in [2.45, 2.75) is 30.7 Å². The van der Waals surface area contributed by atoms with E-state index in [1.54, 1.807) is 24.3 Å². The largest absolute Gasteiger partial charge is 0.339 e. The monoisotopic (exact) mass is 452 g/mol. The van der Waals surface area contributed by atoms with E-state index in [4.69, 9.17) is 0 Å².